The van der Waals surface area contributed by atoms with Gasteiger partial charge < -0.3 is 0 Å². The molecule has 1 N–H and O–H groups in total. The molecule has 0 saturated carbocycles. The Morgan fingerprint density at radius 2 is 1.67 bits per heavy atom. The van der Waals surface area contributed by atoms with E-state index in [1.165, 1.54) is 18.0 Å². The molecule has 0 radical (unpaired) electrons. The zero-order chi connectivity index (χ0) is 8.55. The second-order valence-corrected chi connectivity index (χ2v) is 2.44. The first kappa shape index (κ1) is 6.80. The van der Waals surface area contributed by atoms with Crippen LogP contribution in [0.5, 0.6) is 0 Å². The van der Waals surface area contributed by atoms with Crippen LogP contribution in [0.4, 0.5) is 0 Å². The van der Waals surface area contributed by atoms with Crippen molar-refractivity contribution in [2.45, 2.75) is 6.92 Å². The highest BCUT2D eigenvalue weighted by atomic mass is 15.8. The Balaban J connectivity index is 0.000000169. The lowest BCUT2D eigenvalue weighted by Gasteiger charge is -1.93. The normalized spacial score (nSPS) is 10.0. The summed E-state index contributed by atoms with van der Waals surface area (Å²) in [6.45, 7) is 1.43. The van der Waals surface area contributed by atoms with E-state index in [4.69, 9.17) is 5.26 Å². The molecule has 2 heterocycles. The number of hydrogen-bond acceptors (Lipinski definition) is 1. The summed E-state index contributed by atoms with van der Waals surface area (Å²) in [6, 6.07) is 10.0. The fraction of sp³-hybridized carbons (Fsp3) is 0.125. The quantitative estimate of drug-likeness (QED) is 0.532. The van der Waals surface area contributed by atoms with Crippen molar-refractivity contribution in [1.82, 2.24) is 14.5 Å². The van der Waals surface area contributed by atoms with Crippen LogP contribution in [0.15, 0.2) is 24.3 Å². The molecule has 0 aliphatic carbocycles. The van der Waals surface area contributed by atoms with Crippen LogP contribution in [0.1, 0.15) is 6.92 Å². The lowest BCUT2D eigenvalue weighted by atomic mass is 10.3. The molecule has 4 nitrogen and oxygen atoms in total. The summed E-state index contributed by atoms with van der Waals surface area (Å²) < 4.78 is 3.99. The number of hydrogen-bond donors (Lipinski definition) is 1. The van der Waals surface area contributed by atoms with Gasteiger partial charge in [0.2, 0.25) is 0 Å². The maximum Gasteiger partial charge on any atom is 0.112 e. The second kappa shape index (κ2) is 2.31. The molecule has 0 unspecified atom stereocenters. The van der Waals surface area contributed by atoms with Crippen molar-refractivity contribution in [2.75, 3.05) is 0 Å². The molecule has 0 saturated heterocycles. The molecule has 0 aliphatic heterocycles. The zero-order valence-electron chi connectivity index (χ0n) is 6.65. The van der Waals surface area contributed by atoms with E-state index in [2.05, 4.69) is 17.3 Å². The van der Waals surface area contributed by atoms with E-state index in [9.17, 15) is 0 Å². The first-order chi connectivity index (χ1) is 5.88. The van der Waals surface area contributed by atoms with E-state index < -0.39 is 0 Å². The van der Waals surface area contributed by atoms with Crippen LogP contribution < -0.4 is 0 Å². The number of nitriles is 1. The van der Waals surface area contributed by atoms with Crippen LogP contribution >= 0.6 is 0 Å². The minimum atomic E-state index is 1.28. The van der Waals surface area contributed by atoms with E-state index in [0.29, 0.717) is 0 Å². The number of fused-ring (bicyclic) bond motifs is 4. The number of aromatic amines is 1. The molecule has 2 aromatic heterocycles. The van der Waals surface area contributed by atoms with Gasteiger partial charge in [-0.25, -0.2) is 0 Å². The predicted molar refractivity (Wildman–Crippen MR) is 45.2 cm³/mol. The number of nitrogens with one attached hydrogen (secondary N) is 1. The van der Waals surface area contributed by atoms with E-state index in [-0.39, 0.29) is 0 Å². The van der Waals surface area contributed by atoms with Gasteiger partial charge in [-0.15, -0.1) is 0 Å². The van der Waals surface area contributed by atoms with Crippen molar-refractivity contribution < 1.29 is 0 Å². The minimum absolute atomic E-state index is 1.28. The summed E-state index contributed by atoms with van der Waals surface area (Å²) in [5, 5.41) is 10.4. The molecule has 0 atom stereocenters. The van der Waals surface area contributed by atoms with Gasteiger partial charge in [0.1, 0.15) is 11.0 Å². The molecule has 1 aromatic carbocycles. The van der Waals surface area contributed by atoms with Crippen molar-refractivity contribution in [1.29, 1.82) is 5.26 Å². The largest absolute Gasteiger partial charge is 0.199 e. The molecular formula is C8H8N4. The van der Waals surface area contributed by atoms with Gasteiger partial charge in [0.15, 0.2) is 0 Å². The molecule has 0 amide bonds. The molecule has 3 rings (SSSR count). The monoisotopic (exact) mass is 160 g/mol. The van der Waals surface area contributed by atoms with Gasteiger partial charge in [-0.1, -0.05) is 12.1 Å². The van der Waals surface area contributed by atoms with Crippen molar-refractivity contribution in [3.63, 3.8) is 0 Å². The van der Waals surface area contributed by atoms with Crippen LogP contribution in [0.3, 0.4) is 0 Å². The standard InChI is InChI=1S/C6H5N3.C2H3N/c1-2-4-6-5(3-1)8-7-9(6)8;1-2-3/h1-4,7H;1H3. The van der Waals surface area contributed by atoms with Crippen molar-refractivity contribution in [2.24, 2.45) is 0 Å². The van der Waals surface area contributed by atoms with Gasteiger partial charge in [-0.3, -0.25) is 0 Å². The fourth-order valence-corrected chi connectivity index (χ4v) is 1.17. The summed E-state index contributed by atoms with van der Waals surface area (Å²) in [4.78, 5) is 0. The Morgan fingerprint density at radius 3 is 2.08 bits per heavy atom. The maximum atomic E-state index is 7.32. The maximum absolute atomic E-state index is 7.32. The lowest BCUT2D eigenvalue weighted by molar-refractivity contribution is 1.07. The van der Waals surface area contributed by atoms with Gasteiger partial charge >= 0.3 is 0 Å². The van der Waals surface area contributed by atoms with Gasteiger partial charge in [-0.05, 0) is 12.1 Å². The summed E-state index contributed by atoms with van der Waals surface area (Å²) >= 11 is 0. The Labute approximate surface area is 68.9 Å². The number of H-pyrrole nitrogens is 1. The molecule has 4 heteroatoms. The number of nitrogens with zero attached hydrogens (tertiary/aromatic N) is 3. The van der Waals surface area contributed by atoms with Crippen LogP contribution in [0.2, 0.25) is 0 Å². The van der Waals surface area contributed by atoms with Crippen LogP contribution in [-0.4, -0.2) is 14.5 Å². The number of benzene rings is 1. The number of rotatable bonds is 0. The second-order valence-electron chi connectivity index (χ2n) is 2.44. The van der Waals surface area contributed by atoms with Crippen LogP contribution in [0.25, 0.3) is 11.0 Å². The Morgan fingerprint density at radius 1 is 1.25 bits per heavy atom. The van der Waals surface area contributed by atoms with Gasteiger partial charge in [0.05, 0.1) is 6.07 Å². The first-order valence-electron chi connectivity index (χ1n) is 3.65. The predicted octanol–water partition coefficient (Wildman–Crippen LogP) is 1.49. The van der Waals surface area contributed by atoms with Gasteiger partial charge in [-0.2, -0.15) is 19.7 Å². The molecule has 60 valence electrons. The van der Waals surface area contributed by atoms with E-state index in [1.54, 1.807) is 6.07 Å². The zero-order valence-corrected chi connectivity index (χ0v) is 6.65. The fourth-order valence-electron chi connectivity index (χ4n) is 1.17. The highest BCUT2D eigenvalue weighted by molar-refractivity contribution is 5.78. The number of para-hydroxylation sites is 2. The summed E-state index contributed by atoms with van der Waals surface area (Å²) in [5.41, 5.74) is 2.55. The van der Waals surface area contributed by atoms with E-state index >= 15 is 0 Å². The first-order valence-corrected chi connectivity index (χ1v) is 3.65. The van der Waals surface area contributed by atoms with Crippen molar-refractivity contribution in [3.8, 4) is 6.07 Å². The third kappa shape index (κ3) is 0.768. The van der Waals surface area contributed by atoms with E-state index in [1.807, 2.05) is 21.4 Å². The molecular weight excluding hydrogens is 152 g/mol. The average molecular weight is 160 g/mol. The SMILES string of the molecule is CC#N.c1ccc2c(c1)n1[nH]n21. The van der Waals surface area contributed by atoms with Crippen molar-refractivity contribution >= 4 is 11.0 Å². The van der Waals surface area contributed by atoms with Crippen LogP contribution in [-0.2, 0) is 0 Å². The lowest BCUT2D eigenvalue weighted by Crippen LogP contribution is -1.87. The summed E-state index contributed by atoms with van der Waals surface area (Å²) in [7, 11) is 0. The molecule has 3 aromatic rings. The summed E-state index contributed by atoms with van der Waals surface area (Å²) in [6.07, 6.45) is 0. The Bertz CT molecular complexity index is 465. The van der Waals surface area contributed by atoms with Crippen LogP contribution in [0, 0.1) is 11.3 Å². The number of aromatic nitrogens is 3. The molecule has 0 spiro atoms. The molecule has 0 bridgehead atoms. The van der Waals surface area contributed by atoms with Crippen molar-refractivity contribution in [3.05, 3.63) is 24.3 Å². The highest BCUT2D eigenvalue weighted by Crippen LogP contribution is 2.17. The third-order valence-electron chi connectivity index (χ3n) is 1.69. The smallest absolute Gasteiger partial charge is 0.112 e. The highest BCUT2D eigenvalue weighted by Gasteiger charge is 2.11. The molecule has 0 fully saturated rings. The van der Waals surface area contributed by atoms with Gasteiger partial charge in [0.25, 0.3) is 0 Å². The third-order valence-corrected chi connectivity index (χ3v) is 1.69. The minimum Gasteiger partial charge on any atom is -0.199 e. The topological polar surface area (TPSA) is 48.4 Å². The summed E-state index contributed by atoms with van der Waals surface area (Å²) in [5.74, 6) is 0. The van der Waals surface area contributed by atoms with Gasteiger partial charge in [0, 0.05) is 6.92 Å². The Hall–Kier alpha value is -1.89. The molecule has 0 aliphatic rings. The average Bonchev–Trinajstić information content (AvgIpc) is 2.76. The van der Waals surface area contributed by atoms with E-state index in [0.717, 1.165) is 0 Å². The molecule has 12 heavy (non-hydrogen) atoms. The Kier molecular flexibility index (Phi) is 1.31.